The number of guanidine groups is 1. The van der Waals surface area contributed by atoms with Crippen LogP contribution >= 0.6 is 11.6 Å². The zero-order chi connectivity index (χ0) is 23.6. The lowest BCUT2D eigenvalue weighted by molar-refractivity contribution is -0.132. The number of anilines is 2. The molecular formula is C23H25ClF2N4O3. The number of hydrogen-bond donors (Lipinski definition) is 2. The van der Waals surface area contributed by atoms with E-state index in [2.05, 4.69) is 10.1 Å². The first kappa shape index (κ1) is 23.3. The van der Waals surface area contributed by atoms with Crippen LogP contribution in [0.2, 0.25) is 5.02 Å². The number of ether oxygens (including phenoxy) is 2. The highest BCUT2D eigenvalue weighted by atomic mass is 35.5. The topological polar surface area (TPSA) is 89.2 Å². The molecule has 10 heteroatoms. The molecular weight excluding hydrogens is 454 g/mol. The number of nitrogens with two attached hydrogens (primary N) is 1. The molecule has 0 bridgehead atoms. The molecule has 2 aromatic carbocycles. The molecule has 2 heterocycles. The Morgan fingerprint density at radius 2 is 2.00 bits per heavy atom. The molecule has 0 spiro atoms. The minimum Gasteiger partial charge on any atom is -0.435 e. The van der Waals surface area contributed by atoms with E-state index in [9.17, 15) is 13.6 Å². The number of halogens is 3. The molecule has 1 fully saturated rings. The van der Waals surface area contributed by atoms with Gasteiger partial charge in [-0.25, -0.2) is 4.99 Å². The number of aliphatic imine (C=N–C) groups is 1. The third kappa shape index (κ3) is 5.04. The molecule has 176 valence electrons. The predicted octanol–water partition coefficient (Wildman–Crippen LogP) is 4.63. The first-order valence-corrected chi connectivity index (χ1v) is 11.0. The molecule has 4 rings (SSSR count). The number of carbonyl (C=O) groups excluding carboxylic acids is 1. The fourth-order valence-electron chi connectivity index (χ4n) is 4.29. The second-order valence-electron chi connectivity index (χ2n) is 8.23. The molecule has 33 heavy (non-hydrogen) atoms. The van der Waals surface area contributed by atoms with E-state index < -0.39 is 12.2 Å². The van der Waals surface area contributed by atoms with Gasteiger partial charge in [-0.15, -0.1) is 0 Å². The van der Waals surface area contributed by atoms with Gasteiger partial charge in [0.1, 0.15) is 5.75 Å². The van der Waals surface area contributed by atoms with Gasteiger partial charge in [-0.3, -0.25) is 9.69 Å². The average molecular weight is 479 g/mol. The van der Waals surface area contributed by atoms with Crippen LogP contribution in [0.3, 0.4) is 0 Å². The van der Waals surface area contributed by atoms with Crippen molar-refractivity contribution in [1.29, 1.82) is 0 Å². The normalized spacial score (nSPS) is 21.8. The van der Waals surface area contributed by atoms with Crippen molar-refractivity contribution in [3.05, 3.63) is 53.1 Å². The summed E-state index contributed by atoms with van der Waals surface area (Å²) in [4.78, 5) is 19.4. The van der Waals surface area contributed by atoms with Crippen LogP contribution < -0.4 is 15.8 Å². The van der Waals surface area contributed by atoms with Crippen LogP contribution in [0.5, 0.6) is 5.75 Å². The quantitative estimate of drug-likeness (QED) is 0.632. The highest BCUT2D eigenvalue weighted by Crippen LogP contribution is 2.41. The molecule has 0 radical (unpaired) electrons. The Morgan fingerprint density at radius 3 is 2.70 bits per heavy atom. The fourth-order valence-corrected chi connectivity index (χ4v) is 4.67. The molecule has 7 nitrogen and oxygen atoms in total. The van der Waals surface area contributed by atoms with Gasteiger partial charge < -0.3 is 20.5 Å². The van der Waals surface area contributed by atoms with Crippen molar-refractivity contribution in [3.8, 4) is 5.75 Å². The van der Waals surface area contributed by atoms with Crippen molar-refractivity contribution in [2.75, 3.05) is 18.5 Å². The summed E-state index contributed by atoms with van der Waals surface area (Å²) >= 11 is 6.72. The smallest absolute Gasteiger partial charge is 0.387 e. The minimum atomic E-state index is -2.92. The molecule has 0 unspecified atom stereocenters. The van der Waals surface area contributed by atoms with Crippen LogP contribution in [0.1, 0.15) is 31.7 Å². The summed E-state index contributed by atoms with van der Waals surface area (Å²) in [5, 5.41) is 3.48. The van der Waals surface area contributed by atoms with Gasteiger partial charge in [0.15, 0.2) is 5.96 Å². The Labute approximate surface area is 195 Å². The van der Waals surface area contributed by atoms with E-state index in [1.54, 1.807) is 35.2 Å². The summed E-state index contributed by atoms with van der Waals surface area (Å²) in [7, 11) is 0. The molecule has 3 N–H and O–H groups in total. The number of amides is 1. The number of alkyl halides is 2. The van der Waals surface area contributed by atoms with E-state index in [0.717, 1.165) is 0 Å². The molecule has 2 aromatic rings. The van der Waals surface area contributed by atoms with E-state index in [1.165, 1.54) is 12.1 Å². The average Bonchev–Trinajstić information content (AvgIpc) is 2.75. The van der Waals surface area contributed by atoms with Gasteiger partial charge in [-0.1, -0.05) is 29.8 Å². The molecule has 1 atom stereocenters. The molecule has 1 saturated heterocycles. The largest absolute Gasteiger partial charge is 0.435 e. The zero-order valence-electron chi connectivity index (χ0n) is 18.1. The van der Waals surface area contributed by atoms with Crippen molar-refractivity contribution in [1.82, 2.24) is 4.90 Å². The number of nitrogens with one attached hydrogen (secondary N) is 1. The molecule has 0 saturated carbocycles. The van der Waals surface area contributed by atoms with Crippen molar-refractivity contribution in [3.63, 3.8) is 0 Å². The van der Waals surface area contributed by atoms with Gasteiger partial charge in [0.05, 0.1) is 22.7 Å². The van der Waals surface area contributed by atoms with E-state index in [1.807, 2.05) is 6.92 Å². The summed E-state index contributed by atoms with van der Waals surface area (Å²) < 4.78 is 34.9. The predicted molar refractivity (Wildman–Crippen MR) is 122 cm³/mol. The lowest BCUT2D eigenvalue weighted by Crippen LogP contribution is -2.55. The summed E-state index contributed by atoms with van der Waals surface area (Å²) in [6.45, 7) is 0.0747. The highest BCUT2D eigenvalue weighted by molar-refractivity contribution is 6.34. The molecule has 0 aromatic heterocycles. The van der Waals surface area contributed by atoms with Crippen molar-refractivity contribution in [2.45, 2.75) is 44.4 Å². The Hall–Kier alpha value is -2.91. The number of benzene rings is 2. The van der Waals surface area contributed by atoms with Gasteiger partial charge in [-0.05, 0) is 38.0 Å². The number of rotatable bonds is 6. The van der Waals surface area contributed by atoms with Crippen molar-refractivity contribution < 1.29 is 23.0 Å². The maximum atomic E-state index is 13.1. The maximum Gasteiger partial charge on any atom is 0.387 e. The lowest BCUT2D eigenvalue weighted by Gasteiger charge is -2.40. The standard InChI is InChI=1S/C23H25ClF2N4O3/c1-23(13-19(31)30(22(27)29-23)15-8-10-32-11-9-15)17-6-3-7-18(20(17)24)28-14-4-2-5-16(12-14)33-21(25)26/h2-7,12,15,21,28H,8-11,13H2,1H3,(H2,27,29)/t23-/m0/s1. The maximum absolute atomic E-state index is 13.1. The van der Waals surface area contributed by atoms with E-state index in [0.29, 0.717) is 48.0 Å². The summed E-state index contributed by atoms with van der Waals surface area (Å²) in [6, 6.07) is 11.5. The van der Waals surface area contributed by atoms with Crippen LogP contribution in [0.25, 0.3) is 0 Å². The van der Waals surface area contributed by atoms with Gasteiger partial charge in [0.25, 0.3) is 0 Å². The molecule has 2 aliphatic rings. The van der Waals surface area contributed by atoms with Crippen LogP contribution in [0.15, 0.2) is 47.5 Å². The Kier molecular flexibility index (Phi) is 6.71. The molecule has 0 aliphatic carbocycles. The number of nitrogens with zero attached hydrogens (tertiary/aromatic N) is 2. The van der Waals surface area contributed by atoms with E-state index in [4.69, 9.17) is 27.1 Å². The first-order chi connectivity index (χ1) is 15.8. The third-order valence-corrected chi connectivity index (χ3v) is 6.25. The highest BCUT2D eigenvalue weighted by Gasteiger charge is 2.41. The summed E-state index contributed by atoms with van der Waals surface area (Å²) in [5.74, 6) is 0.0906. The van der Waals surface area contributed by atoms with Crippen molar-refractivity contribution >= 4 is 34.8 Å². The molecule has 2 aliphatic heterocycles. The first-order valence-electron chi connectivity index (χ1n) is 10.6. The van der Waals surface area contributed by atoms with Gasteiger partial charge in [0.2, 0.25) is 5.91 Å². The third-order valence-electron chi connectivity index (χ3n) is 5.85. The van der Waals surface area contributed by atoms with Gasteiger partial charge in [0, 0.05) is 36.6 Å². The summed E-state index contributed by atoms with van der Waals surface area (Å²) in [6.07, 6.45) is 1.55. The van der Waals surface area contributed by atoms with Crippen LogP contribution in [-0.2, 0) is 15.1 Å². The van der Waals surface area contributed by atoms with Crippen LogP contribution in [-0.4, -0.2) is 42.6 Å². The Morgan fingerprint density at radius 1 is 1.27 bits per heavy atom. The van der Waals surface area contributed by atoms with Crippen LogP contribution in [0.4, 0.5) is 20.2 Å². The van der Waals surface area contributed by atoms with E-state index >= 15 is 0 Å². The van der Waals surface area contributed by atoms with Crippen molar-refractivity contribution in [2.24, 2.45) is 10.7 Å². The Bertz CT molecular complexity index is 1060. The Balaban J connectivity index is 1.60. The SMILES string of the molecule is C[C@@]1(c2cccc(Nc3cccc(OC(F)F)c3)c2Cl)CC(=O)N(C2CCOCC2)C(N)=N1. The summed E-state index contributed by atoms with van der Waals surface area (Å²) in [5.41, 5.74) is 7.01. The molecule has 1 amide bonds. The lowest BCUT2D eigenvalue weighted by atomic mass is 9.86. The van der Waals surface area contributed by atoms with Gasteiger partial charge >= 0.3 is 6.61 Å². The number of carbonyl (C=O) groups is 1. The second-order valence-corrected chi connectivity index (χ2v) is 8.60. The zero-order valence-corrected chi connectivity index (χ0v) is 18.8. The number of hydrogen-bond acceptors (Lipinski definition) is 6. The van der Waals surface area contributed by atoms with Gasteiger partial charge in [-0.2, -0.15) is 8.78 Å². The van der Waals surface area contributed by atoms with E-state index in [-0.39, 0.29) is 30.1 Å². The monoisotopic (exact) mass is 478 g/mol. The fraction of sp³-hybridized carbons (Fsp3) is 0.391. The minimum absolute atomic E-state index is 0.0224. The van der Waals surface area contributed by atoms with Crippen LogP contribution in [0, 0.1) is 0 Å². The second kappa shape index (κ2) is 9.52.